The number of methoxy groups -OCH3 is 1. The maximum Gasteiger partial charge on any atom is 0.222 e. The minimum absolute atomic E-state index is 0. The summed E-state index contributed by atoms with van der Waals surface area (Å²) in [7, 11) is 1.66. The van der Waals surface area contributed by atoms with E-state index < -0.39 is 0 Å². The van der Waals surface area contributed by atoms with E-state index in [0.29, 0.717) is 26.1 Å². The van der Waals surface area contributed by atoms with Gasteiger partial charge in [-0.2, -0.15) is 0 Å². The molecular weight excluding hydrogens is 336 g/mol. The molecule has 2 aromatic rings. The first-order chi connectivity index (χ1) is 11.7. The van der Waals surface area contributed by atoms with Crippen molar-refractivity contribution in [2.75, 3.05) is 20.2 Å². The van der Waals surface area contributed by atoms with Crippen LogP contribution in [0.2, 0.25) is 0 Å². The van der Waals surface area contributed by atoms with Crippen LogP contribution in [0, 0.1) is 0 Å². The van der Waals surface area contributed by atoms with Gasteiger partial charge in [-0.15, -0.1) is 12.4 Å². The summed E-state index contributed by atoms with van der Waals surface area (Å²) in [6, 6.07) is 18.1. The zero-order valence-corrected chi connectivity index (χ0v) is 15.5. The van der Waals surface area contributed by atoms with Crippen molar-refractivity contribution in [1.29, 1.82) is 0 Å². The molecule has 2 N–H and O–H groups in total. The predicted octanol–water partition coefficient (Wildman–Crippen LogP) is 3.43. The summed E-state index contributed by atoms with van der Waals surface area (Å²) in [4.78, 5) is 14.4. The number of rotatable bonds is 9. The van der Waals surface area contributed by atoms with Crippen LogP contribution in [-0.4, -0.2) is 31.0 Å². The third-order valence-electron chi connectivity index (χ3n) is 3.99. The zero-order chi connectivity index (χ0) is 17.2. The second kappa shape index (κ2) is 11.5. The summed E-state index contributed by atoms with van der Waals surface area (Å²) in [5.74, 6) is 1.01. The van der Waals surface area contributed by atoms with E-state index in [1.165, 1.54) is 5.56 Å². The average Bonchev–Trinajstić information content (AvgIpc) is 2.64. The Morgan fingerprint density at radius 2 is 1.72 bits per heavy atom. The highest BCUT2D eigenvalue weighted by Crippen LogP contribution is 2.13. The van der Waals surface area contributed by atoms with Crippen LogP contribution in [0.25, 0.3) is 0 Å². The van der Waals surface area contributed by atoms with Crippen molar-refractivity contribution in [3.05, 3.63) is 65.7 Å². The van der Waals surface area contributed by atoms with Crippen molar-refractivity contribution in [3.63, 3.8) is 0 Å². The Balaban J connectivity index is 0.00000312. The molecule has 0 atom stereocenters. The zero-order valence-electron chi connectivity index (χ0n) is 14.7. The molecular formula is C20H27ClN2O2. The van der Waals surface area contributed by atoms with Crippen molar-refractivity contribution < 1.29 is 9.53 Å². The SMILES string of the molecule is COc1ccc(CCN(Cc2ccccc2)C(=O)CCCN)cc1.Cl. The van der Waals surface area contributed by atoms with Gasteiger partial charge in [-0.3, -0.25) is 4.79 Å². The van der Waals surface area contributed by atoms with Crippen molar-refractivity contribution in [3.8, 4) is 5.75 Å². The van der Waals surface area contributed by atoms with Crippen LogP contribution in [0.3, 0.4) is 0 Å². The highest BCUT2D eigenvalue weighted by molar-refractivity contribution is 5.85. The molecule has 25 heavy (non-hydrogen) atoms. The molecule has 0 saturated carbocycles. The smallest absolute Gasteiger partial charge is 0.222 e. The molecule has 0 spiro atoms. The van der Waals surface area contributed by atoms with Gasteiger partial charge in [0.15, 0.2) is 0 Å². The van der Waals surface area contributed by atoms with E-state index in [1.54, 1.807) is 7.11 Å². The summed E-state index contributed by atoms with van der Waals surface area (Å²) in [5, 5.41) is 0. The molecule has 0 fully saturated rings. The number of nitrogens with two attached hydrogens (primary N) is 1. The van der Waals surface area contributed by atoms with Gasteiger partial charge >= 0.3 is 0 Å². The molecule has 136 valence electrons. The van der Waals surface area contributed by atoms with Crippen LogP contribution < -0.4 is 10.5 Å². The quantitative estimate of drug-likeness (QED) is 0.743. The van der Waals surface area contributed by atoms with E-state index in [1.807, 2.05) is 47.4 Å². The number of halogens is 1. The van der Waals surface area contributed by atoms with Gasteiger partial charge in [-0.05, 0) is 42.6 Å². The number of hydrogen-bond donors (Lipinski definition) is 1. The molecule has 0 aliphatic heterocycles. The van der Waals surface area contributed by atoms with Crippen LogP contribution in [0.4, 0.5) is 0 Å². The van der Waals surface area contributed by atoms with Gasteiger partial charge in [-0.1, -0.05) is 42.5 Å². The Hall–Kier alpha value is -2.04. The monoisotopic (exact) mass is 362 g/mol. The van der Waals surface area contributed by atoms with Crippen molar-refractivity contribution in [2.24, 2.45) is 5.73 Å². The molecule has 2 rings (SSSR count). The van der Waals surface area contributed by atoms with E-state index in [9.17, 15) is 4.79 Å². The number of benzene rings is 2. The number of carbonyl (C=O) groups is 1. The lowest BCUT2D eigenvalue weighted by Crippen LogP contribution is -2.32. The van der Waals surface area contributed by atoms with Gasteiger partial charge < -0.3 is 15.4 Å². The second-order valence-electron chi connectivity index (χ2n) is 5.79. The minimum Gasteiger partial charge on any atom is -0.497 e. The largest absolute Gasteiger partial charge is 0.497 e. The highest BCUT2D eigenvalue weighted by Gasteiger charge is 2.13. The molecule has 4 nitrogen and oxygen atoms in total. The highest BCUT2D eigenvalue weighted by atomic mass is 35.5. The summed E-state index contributed by atoms with van der Waals surface area (Å²) in [5.41, 5.74) is 7.88. The molecule has 0 aromatic heterocycles. The molecule has 0 aliphatic rings. The fraction of sp³-hybridized carbons (Fsp3) is 0.350. The molecule has 0 heterocycles. The third-order valence-corrected chi connectivity index (χ3v) is 3.99. The van der Waals surface area contributed by atoms with Crippen molar-refractivity contribution >= 4 is 18.3 Å². The van der Waals surface area contributed by atoms with E-state index in [2.05, 4.69) is 12.1 Å². The predicted molar refractivity (Wildman–Crippen MR) is 104 cm³/mol. The lowest BCUT2D eigenvalue weighted by Gasteiger charge is -2.23. The van der Waals surface area contributed by atoms with Gasteiger partial charge in [0.2, 0.25) is 5.91 Å². The lowest BCUT2D eigenvalue weighted by molar-refractivity contribution is -0.131. The summed E-state index contributed by atoms with van der Waals surface area (Å²) >= 11 is 0. The Labute approximate surface area is 156 Å². The first-order valence-corrected chi connectivity index (χ1v) is 8.37. The Kier molecular flexibility index (Phi) is 9.66. The second-order valence-corrected chi connectivity index (χ2v) is 5.79. The fourth-order valence-electron chi connectivity index (χ4n) is 2.56. The maximum atomic E-state index is 12.5. The Morgan fingerprint density at radius 3 is 2.32 bits per heavy atom. The topological polar surface area (TPSA) is 55.6 Å². The Morgan fingerprint density at radius 1 is 1.04 bits per heavy atom. The van der Waals surface area contributed by atoms with Crippen molar-refractivity contribution in [2.45, 2.75) is 25.8 Å². The number of hydrogen-bond acceptors (Lipinski definition) is 3. The maximum absolute atomic E-state index is 12.5. The number of nitrogens with zero attached hydrogens (tertiary/aromatic N) is 1. The van der Waals surface area contributed by atoms with E-state index in [4.69, 9.17) is 10.5 Å². The first-order valence-electron chi connectivity index (χ1n) is 8.37. The van der Waals surface area contributed by atoms with Gasteiger partial charge in [0.1, 0.15) is 5.75 Å². The van der Waals surface area contributed by atoms with Crippen LogP contribution in [0.5, 0.6) is 5.75 Å². The molecule has 1 amide bonds. The number of ether oxygens (including phenoxy) is 1. The summed E-state index contributed by atoms with van der Waals surface area (Å²) < 4.78 is 5.18. The first kappa shape index (κ1) is 21.0. The van der Waals surface area contributed by atoms with E-state index in [0.717, 1.165) is 24.2 Å². The molecule has 0 radical (unpaired) electrons. The van der Waals surface area contributed by atoms with Gasteiger partial charge in [0.25, 0.3) is 0 Å². The molecule has 0 bridgehead atoms. The van der Waals surface area contributed by atoms with Crippen LogP contribution in [0.1, 0.15) is 24.0 Å². The fourth-order valence-corrected chi connectivity index (χ4v) is 2.56. The van der Waals surface area contributed by atoms with Crippen LogP contribution >= 0.6 is 12.4 Å². The molecule has 0 saturated heterocycles. The van der Waals surface area contributed by atoms with Gasteiger partial charge in [0, 0.05) is 19.5 Å². The number of carbonyl (C=O) groups excluding carboxylic acids is 1. The van der Waals surface area contributed by atoms with Crippen molar-refractivity contribution in [1.82, 2.24) is 4.90 Å². The van der Waals surface area contributed by atoms with Gasteiger partial charge in [-0.25, -0.2) is 0 Å². The summed E-state index contributed by atoms with van der Waals surface area (Å²) in [6.45, 7) is 1.88. The van der Waals surface area contributed by atoms with Crippen LogP contribution in [0.15, 0.2) is 54.6 Å². The molecule has 5 heteroatoms. The molecule has 0 aliphatic carbocycles. The van der Waals surface area contributed by atoms with E-state index in [-0.39, 0.29) is 18.3 Å². The van der Waals surface area contributed by atoms with E-state index >= 15 is 0 Å². The summed E-state index contributed by atoms with van der Waals surface area (Å²) in [6.07, 6.45) is 2.06. The van der Waals surface area contributed by atoms with Crippen LogP contribution in [-0.2, 0) is 17.8 Å². The Bertz CT molecular complexity index is 617. The standard InChI is InChI=1S/C20H26N2O2.ClH/c1-24-19-11-9-17(10-12-19)13-15-22(20(23)8-5-14-21)16-18-6-3-2-4-7-18;/h2-4,6-7,9-12H,5,8,13-16,21H2,1H3;1H. The molecule has 2 aromatic carbocycles. The normalized spacial score (nSPS) is 10.0. The number of amides is 1. The lowest BCUT2D eigenvalue weighted by atomic mass is 10.1. The molecule has 0 unspecified atom stereocenters. The third kappa shape index (κ3) is 7.16. The van der Waals surface area contributed by atoms with Gasteiger partial charge in [0.05, 0.1) is 7.11 Å². The average molecular weight is 363 g/mol. The minimum atomic E-state index is 0.